The lowest BCUT2D eigenvalue weighted by atomic mass is 9.82. The van der Waals surface area contributed by atoms with Gasteiger partial charge in [-0.1, -0.05) is 35.9 Å². The highest BCUT2D eigenvalue weighted by atomic mass is 79.9. The third-order valence-corrected chi connectivity index (χ3v) is 3.14. The predicted molar refractivity (Wildman–Crippen MR) is 71.3 cm³/mol. The van der Waals surface area contributed by atoms with Crippen LogP contribution in [0, 0.1) is 5.41 Å². The highest BCUT2D eigenvalue weighted by Crippen LogP contribution is 2.39. The van der Waals surface area contributed by atoms with Crippen molar-refractivity contribution in [3.8, 4) is 5.75 Å². The summed E-state index contributed by atoms with van der Waals surface area (Å²) < 4.78 is 0.729. The van der Waals surface area contributed by atoms with Crippen molar-refractivity contribution in [2.24, 2.45) is 5.41 Å². The van der Waals surface area contributed by atoms with Gasteiger partial charge in [0.15, 0.2) is 0 Å². The van der Waals surface area contributed by atoms with E-state index in [0.717, 1.165) is 10.5 Å². The average molecular weight is 315 g/mol. The molecule has 0 amide bonds. The number of carbonyl (C=O) groups is 1. The fourth-order valence-electron chi connectivity index (χ4n) is 1.52. The SMILES string of the molecule is CC(C)(/C=C/C(=O)O)[C@H](O)c1cc(Br)ccc1O. The molecule has 0 fully saturated rings. The Kier molecular flexibility index (Phi) is 4.53. The van der Waals surface area contributed by atoms with Crippen molar-refractivity contribution in [3.05, 3.63) is 40.4 Å². The number of hydrogen-bond donors (Lipinski definition) is 3. The van der Waals surface area contributed by atoms with Crippen molar-refractivity contribution in [1.29, 1.82) is 0 Å². The van der Waals surface area contributed by atoms with E-state index >= 15 is 0 Å². The molecule has 0 heterocycles. The van der Waals surface area contributed by atoms with Gasteiger partial charge in [0.05, 0.1) is 6.10 Å². The normalized spacial score (nSPS) is 13.8. The van der Waals surface area contributed by atoms with Crippen LogP contribution in [0.2, 0.25) is 0 Å². The zero-order valence-electron chi connectivity index (χ0n) is 10.1. The van der Waals surface area contributed by atoms with Crippen LogP contribution in [0.4, 0.5) is 0 Å². The van der Waals surface area contributed by atoms with Crippen molar-refractivity contribution < 1.29 is 20.1 Å². The molecule has 3 N–H and O–H groups in total. The third-order valence-electron chi connectivity index (χ3n) is 2.64. The van der Waals surface area contributed by atoms with Crippen molar-refractivity contribution in [1.82, 2.24) is 0 Å². The van der Waals surface area contributed by atoms with E-state index in [-0.39, 0.29) is 5.75 Å². The second-order valence-electron chi connectivity index (χ2n) is 4.60. The van der Waals surface area contributed by atoms with E-state index in [1.807, 2.05) is 0 Å². The number of halogens is 1. The number of benzene rings is 1. The zero-order chi connectivity index (χ0) is 13.9. The Morgan fingerprint density at radius 2 is 2.06 bits per heavy atom. The standard InChI is InChI=1S/C13H15BrO4/c1-13(2,6-5-11(16)17)12(18)9-7-8(14)3-4-10(9)15/h3-7,12,15,18H,1-2H3,(H,16,17)/b6-5+/t12-/m1/s1. The molecule has 18 heavy (non-hydrogen) atoms. The molecule has 4 nitrogen and oxygen atoms in total. The fourth-order valence-corrected chi connectivity index (χ4v) is 1.90. The summed E-state index contributed by atoms with van der Waals surface area (Å²) in [6, 6.07) is 4.74. The fraction of sp³-hybridized carbons (Fsp3) is 0.308. The van der Waals surface area contributed by atoms with Gasteiger partial charge in [0, 0.05) is 21.5 Å². The van der Waals surface area contributed by atoms with Gasteiger partial charge in [0.2, 0.25) is 0 Å². The Morgan fingerprint density at radius 1 is 1.44 bits per heavy atom. The molecule has 1 aromatic carbocycles. The first-order valence-electron chi connectivity index (χ1n) is 5.32. The van der Waals surface area contributed by atoms with Gasteiger partial charge in [-0.05, 0) is 18.2 Å². The van der Waals surface area contributed by atoms with E-state index < -0.39 is 17.5 Å². The molecule has 98 valence electrons. The van der Waals surface area contributed by atoms with Crippen molar-refractivity contribution in [3.63, 3.8) is 0 Å². The predicted octanol–water partition coefficient (Wildman–Crippen LogP) is 2.86. The number of carboxylic acid groups (broad SMARTS) is 1. The minimum atomic E-state index is -1.08. The molecule has 0 radical (unpaired) electrons. The van der Waals surface area contributed by atoms with Crippen LogP contribution in [0.25, 0.3) is 0 Å². The van der Waals surface area contributed by atoms with Gasteiger partial charge >= 0.3 is 5.97 Å². The van der Waals surface area contributed by atoms with Crippen LogP contribution < -0.4 is 0 Å². The molecule has 1 aromatic rings. The van der Waals surface area contributed by atoms with E-state index in [4.69, 9.17) is 5.11 Å². The number of aromatic hydroxyl groups is 1. The highest BCUT2D eigenvalue weighted by molar-refractivity contribution is 9.10. The van der Waals surface area contributed by atoms with Crippen molar-refractivity contribution in [2.45, 2.75) is 20.0 Å². The molecule has 0 saturated carbocycles. The first kappa shape index (κ1) is 14.7. The number of aliphatic carboxylic acids is 1. The first-order valence-corrected chi connectivity index (χ1v) is 6.12. The Balaban J connectivity index is 3.08. The van der Waals surface area contributed by atoms with E-state index in [0.29, 0.717) is 5.56 Å². The Morgan fingerprint density at radius 3 is 2.61 bits per heavy atom. The monoisotopic (exact) mass is 314 g/mol. The molecule has 1 atom stereocenters. The molecule has 0 unspecified atom stereocenters. The number of aliphatic hydroxyl groups is 1. The molecule has 0 aliphatic carbocycles. The molecule has 0 spiro atoms. The zero-order valence-corrected chi connectivity index (χ0v) is 11.7. The lowest BCUT2D eigenvalue weighted by Crippen LogP contribution is -2.20. The summed E-state index contributed by atoms with van der Waals surface area (Å²) in [6.07, 6.45) is 1.38. The Labute approximate surface area is 114 Å². The van der Waals surface area contributed by atoms with Crippen LogP contribution in [0.5, 0.6) is 5.75 Å². The Bertz CT molecular complexity index is 480. The van der Waals surface area contributed by atoms with Gasteiger partial charge in [-0.2, -0.15) is 0 Å². The number of hydrogen-bond acceptors (Lipinski definition) is 3. The van der Waals surface area contributed by atoms with Gasteiger partial charge in [-0.25, -0.2) is 4.79 Å². The van der Waals surface area contributed by atoms with Crippen LogP contribution in [0.1, 0.15) is 25.5 Å². The molecule has 1 rings (SSSR count). The minimum absolute atomic E-state index is 0.0255. The number of aliphatic hydroxyl groups excluding tert-OH is 1. The van der Waals surface area contributed by atoms with E-state index in [1.54, 1.807) is 26.0 Å². The van der Waals surface area contributed by atoms with E-state index in [9.17, 15) is 15.0 Å². The van der Waals surface area contributed by atoms with Crippen LogP contribution in [0.15, 0.2) is 34.8 Å². The van der Waals surface area contributed by atoms with Gasteiger partial charge in [-0.15, -0.1) is 0 Å². The van der Waals surface area contributed by atoms with E-state index in [1.165, 1.54) is 12.1 Å². The minimum Gasteiger partial charge on any atom is -0.508 e. The number of phenols is 1. The lowest BCUT2D eigenvalue weighted by molar-refractivity contribution is -0.131. The average Bonchev–Trinajstić information content (AvgIpc) is 2.29. The number of carboxylic acids is 1. The van der Waals surface area contributed by atoms with E-state index in [2.05, 4.69) is 15.9 Å². The third kappa shape index (κ3) is 3.58. The van der Waals surface area contributed by atoms with Crippen molar-refractivity contribution in [2.75, 3.05) is 0 Å². The summed E-state index contributed by atoms with van der Waals surface area (Å²) in [4.78, 5) is 10.5. The molecular weight excluding hydrogens is 300 g/mol. The molecule has 0 bridgehead atoms. The van der Waals surface area contributed by atoms with Gasteiger partial charge < -0.3 is 15.3 Å². The summed E-state index contributed by atoms with van der Waals surface area (Å²) >= 11 is 3.26. The highest BCUT2D eigenvalue weighted by Gasteiger charge is 2.28. The summed E-state index contributed by atoms with van der Waals surface area (Å²) in [5, 5.41) is 28.6. The topological polar surface area (TPSA) is 77.8 Å². The first-order chi connectivity index (χ1) is 8.24. The summed E-state index contributed by atoms with van der Waals surface area (Å²) in [5.74, 6) is -1.10. The summed E-state index contributed by atoms with van der Waals surface area (Å²) in [7, 11) is 0. The largest absolute Gasteiger partial charge is 0.508 e. The maximum Gasteiger partial charge on any atom is 0.327 e. The summed E-state index contributed by atoms with van der Waals surface area (Å²) in [5.41, 5.74) is -0.458. The number of rotatable bonds is 4. The lowest BCUT2D eigenvalue weighted by Gasteiger charge is -2.28. The van der Waals surface area contributed by atoms with Crippen LogP contribution >= 0.6 is 15.9 Å². The second-order valence-corrected chi connectivity index (χ2v) is 5.51. The smallest absolute Gasteiger partial charge is 0.327 e. The second kappa shape index (κ2) is 5.54. The molecule has 0 aromatic heterocycles. The maximum atomic E-state index is 10.5. The quantitative estimate of drug-likeness (QED) is 0.747. The summed E-state index contributed by atoms with van der Waals surface area (Å²) in [6.45, 7) is 3.38. The molecule has 5 heteroatoms. The molecule has 0 saturated heterocycles. The molecular formula is C13H15BrO4. The van der Waals surface area contributed by atoms with Crippen LogP contribution in [0.3, 0.4) is 0 Å². The number of phenolic OH excluding ortho intramolecular Hbond substituents is 1. The van der Waals surface area contributed by atoms with Gasteiger partial charge in [-0.3, -0.25) is 0 Å². The molecule has 0 aliphatic rings. The maximum absolute atomic E-state index is 10.5. The van der Waals surface area contributed by atoms with Crippen LogP contribution in [-0.4, -0.2) is 21.3 Å². The Hall–Kier alpha value is -1.33. The van der Waals surface area contributed by atoms with Crippen molar-refractivity contribution >= 4 is 21.9 Å². The van der Waals surface area contributed by atoms with Gasteiger partial charge in [0.25, 0.3) is 0 Å². The van der Waals surface area contributed by atoms with Crippen LogP contribution in [-0.2, 0) is 4.79 Å². The molecule has 0 aliphatic heterocycles. The van der Waals surface area contributed by atoms with Gasteiger partial charge in [0.1, 0.15) is 5.75 Å².